The largest absolute Gasteiger partial charge is 0.332 e. The Labute approximate surface area is 134 Å². The smallest absolute Gasteiger partial charge is 0.254 e. The van der Waals surface area contributed by atoms with Crippen molar-refractivity contribution in [2.24, 2.45) is 7.05 Å². The highest BCUT2D eigenvalue weighted by Crippen LogP contribution is 2.23. The van der Waals surface area contributed by atoms with E-state index in [1.165, 1.54) is 0 Å². The number of carbonyl (C=O) groups is 1. The average Bonchev–Trinajstić information content (AvgIpc) is 2.73. The summed E-state index contributed by atoms with van der Waals surface area (Å²) in [4.78, 5) is 18.9. The Bertz CT molecular complexity index is 681. The molecule has 1 amide bonds. The molecule has 104 valence electrons. The second kappa shape index (κ2) is 5.33. The third-order valence-corrected chi connectivity index (χ3v) is 4.76. The van der Waals surface area contributed by atoms with Crippen LogP contribution in [0.25, 0.3) is 0 Å². The molecule has 6 heteroatoms. The normalized spacial score (nSPS) is 14.2. The molecule has 0 fully saturated rings. The second-order valence-electron chi connectivity index (χ2n) is 4.82. The molecule has 0 atom stereocenters. The summed E-state index contributed by atoms with van der Waals surface area (Å²) in [5.41, 5.74) is 2.90. The van der Waals surface area contributed by atoms with Crippen molar-refractivity contribution in [1.29, 1.82) is 0 Å². The van der Waals surface area contributed by atoms with E-state index in [1.807, 2.05) is 40.8 Å². The van der Waals surface area contributed by atoms with Crippen LogP contribution in [0.5, 0.6) is 0 Å². The van der Waals surface area contributed by atoms with Crippen LogP contribution in [0.15, 0.2) is 33.5 Å². The van der Waals surface area contributed by atoms with Crippen LogP contribution in [0, 0.1) is 0 Å². The molecule has 2 aromatic rings. The Morgan fingerprint density at radius 2 is 2.15 bits per heavy atom. The molecule has 1 aromatic heterocycles. The summed E-state index contributed by atoms with van der Waals surface area (Å²) in [6.07, 6.45) is 0.800. The summed E-state index contributed by atoms with van der Waals surface area (Å²) >= 11 is 6.83. The highest BCUT2D eigenvalue weighted by molar-refractivity contribution is 9.10. The molecule has 1 aliphatic heterocycles. The van der Waals surface area contributed by atoms with E-state index in [4.69, 9.17) is 0 Å². The number of fused-ring (bicyclic) bond motifs is 1. The van der Waals surface area contributed by atoms with Gasteiger partial charge in [0.15, 0.2) is 4.73 Å². The molecule has 0 N–H and O–H groups in total. The minimum atomic E-state index is 0.0641. The molecule has 4 nitrogen and oxygen atoms in total. The van der Waals surface area contributed by atoms with Crippen molar-refractivity contribution in [1.82, 2.24) is 14.5 Å². The van der Waals surface area contributed by atoms with E-state index in [1.54, 1.807) is 0 Å². The van der Waals surface area contributed by atoms with Crippen LogP contribution in [0.4, 0.5) is 0 Å². The van der Waals surface area contributed by atoms with Gasteiger partial charge in [0.05, 0.1) is 17.9 Å². The number of aromatic nitrogens is 2. The zero-order valence-electron chi connectivity index (χ0n) is 10.9. The van der Waals surface area contributed by atoms with Gasteiger partial charge in [-0.15, -0.1) is 0 Å². The fourth-order valence-electron chi connectivity index (χ4n) is 2.43. The molecule has 0 radical (unpaired) electrons. The third kappa shape index (κ3) is 2.42. The standard InChI is InChI=1S/C14H13Br2N3O/c1-18-12-8-19(6-5-11(12)17-14(18)16)13(20)9-3-2-4-10(15)7-9/h2-4,7H,5-6,8H2,1H3. The molecule has 1 aromatic carbocycles. The Morgan fingerprint density at radius 3 is 2.90 bits per heavy atom. The lowest BCUT2D eigenvalue weighted by Crippen LogP contribution is -2.36. The summed E-state index contributed by atoms with van der Waals surface area (Å²) in [6, 6.07) is 7.51. The van der Waals surface area contributed by atoms with Crippen LogP contribution < -0.4 is 0 Å². The number of imidazole rings is 1. The minimum absolute atomic E-state index is 0.0641. The van der Waals surface area contributed by atoms with Gasteiger partial charge in [0.2, 0.25) is 0 Å². The Hall–Kier alpha value is -1.14. The molecule has 0 saturated carbocycles. The van der Waals surface area contributed by atoms with Gasteiger partial charge in [-0.05, 0) is 34.1 Å². The van der Waals surface area contributed by atoms with E-state index < -0.39 is 0 Å². The van der Waals surface area contributed by atoms with E-state index in [0.717, 1.165) is 27.0 Å². The fraction of sp³-hybridized carbons (Fsp3) is 0.286. The lowest BCUT2D eigenvalue weighted by Gasteiger charge is -2.27. The molecule has 1 aliphatic rings. The van der Waals surface area contributed by atoms with E-state index in [0.29, 0.717) is 18.7 Å². The first-order chi connectivity index (χ1) is 9.56. The number of hydrogen-bond donors (Lipinski definition) is 0. The Kier molecular flexibility index (Phi) is 3.69. The SMILES string of the molecule is Cn1c(Br)nc2c1CN(C(=O)c1cccc(Br)c1)CC2. The number of carbonyl (C=O) groups excluding carboxylic acids is 1. The molecule has 20 heavy (non-hydrogen) atoms. The number of nitrogens with zero attached hydrogens (tertiary/aromatic N) is 3. The van der Waals surface area contributed by atoms with Gasteiger partial charge in [0.1, 0.15) is 0 Å². The Morgan fingerprint density at radius 1 is 1.35 bits per heavy atom. The van der Waals surface area contributed by atoms with Crippen LogP contribution in [-0.2, 0) is 20.0 Å². The van der Waals surface area contributed by atoms with Gasteiger partial charge < -0.3 is 9.47 Å². The monoisotopic (exact) mass is 397 g/mol. The minimum Gasteiger partial charge on any atom is -0.332 e. The van der Waals surface area contributed by atoms with Crippen molar-refractivity contribution in [3.63, 3.8) is 0 Å². The van der Waals surface area contributed by atoms with Crippen molar-refractivity contribution in [3.05, 3.63) is 50.4 Å². The zero-order valence-corrected chi connectivity index (χ0v) is 14.1. The van der Waals surface area contributed by atoms with E-state index in [2.05, 4.69) is 36.8 Å². The predicted octanol–water partition coefficient (Wildman–Crippen LogP) is 3.14. The second-order valence-corrected chi connectivity index (χ2v) is 6.45. The van der Waals surface area contributed by atoms with Crippen LogP contribution in [0.3, 0.4) is 0 Å². The van der Waals surface area contributed by atoms with Crippen molar-refractivity contribution in [3.8, 4) is 0 Å². The topological polar surface area (TPSA) is 38.1 Å². The summed E-state index contributed by atoms with van der Waals surface area (Å²) in [7, 11) is 1.96. The number of benzene rings is 1. The fourth-order valence-corrected chi connectivity index (χ4v) is 3.26. The van der Waals surface area contributed by atoms with Gasteiger partial charge in [-0.3, -0.25) is 4.79 Å². The van der Waals surface area contributed by atoms with E-state index >= 15 is 0 Å². The summed E-state index contributed by atoms with van der Waals surface area (Å²) in [5, 5.41) is 0. The molecule has 0 spiro atoms. The highest BCUT2D eigenvalue weighted by atomic mass is 79.9. The lowest BCUT2D eigenvalue weighted by atomic mass is 10.1. The molecule has 0 unspecified atom stereocenters. The molecule has 0 aliphatic carbocycles. The first kappa shape index (κ1) is 13.8. The third-order valence-electron chi connectivity index (χ3n) is 3.56. The maximum atomic E-state index is 12.5. The quantitative estimate of drug-likeness (QED) is 0.740. The highest BCUT2D eigenvalue weighted by Gasteiger charge is 2.25. The van der Waals surface area contributed by atoms with Gasteiger partial charge in [-0.25, -0.2) is 4.98 Å². The molecular weight excluding hydrogens is 386 g/mol. The van der Waals surface area contributed by atoms with Crippen LogP contribution in [0.1, 0.15) is 21.7 Å². The van der Waals surface area contributed by atoms with Gasteiger partial charge in [-0.2, -0.15) is 0 Å². The Balaban J connectivity index is 1.86. The summed E-state index contributed by atoms with van der Waals surface area (Å²) < 4.78 is 3.74. The molecular formula is C14H13Br2N3O. The first-order valence-electron chi connectivity index (χ1n) is 6.31. The average molecular weight is 399 g/mol. The van der Waals surface area contributed by atoms with Crippen LogP contribution in [-0.4, -0.2) is 26.9 Å². The molecule has 2 heterocycles. The van der Waals surface area contributed by atoms with Crippen molar-refractivity contribution in [2.75, 3.05) is 6.54 Å². The maximum Gasteiger partial charge on any atom is 0.254 e. The van der Waals surface area contributed by atoms with Gasteiger partial charge in [0, 0.05) is 30.0 Å². The van der Waals surface area contributed by atoms with Gasteiger partial charge in [-0.1, -0.05) is 22.0 Å². The number of hydrogen-bond acceptors (Lipinski definition) is 2. The lowest BCUT2D eigenvalue weighted by molar-refractivity contribution is 0.0730. The molecule has 0 bridgehead atoms. The number of halogens is 2. The van der Waals surface area contributed by atoms with Crippen molar-refractivity contribution in [2.45, 2.75) is 13.0 Å². The van der Waals surface area contributed by atoms with Gasteiger partial charge in [0.25, 0.3) is 5.91 Å². The van der Waals surface area contributed by atoms with Crippen molar-refractivity contribution < 1.29 is 4.79 Å². The maximum absolute atomic E-state index is 12.5. The molecule has 0 saturated heterocycles. The van der Waals surface area contributed by atoms with E-state index in [-0.39, 0.29) is 5.91 Å². The summed E-state index contributed by atoms with van der Waals surface area (Å²) in [6.45, 7) is 1.32. The predicted molar refractivity (Wildman–Crippen MR) is 83.5 cm³/mol. The van der Waals surface area contributed by atoms with Crippen molar-refractivity contribution >= 4 is 37.8 Å². The zero-order chi connectivity index (χ0) is 14.3. The molecule has 3 rings (SSSR count). The van der Waals surface area contributed by atoms with Crippen LogP contribution in [0.2, 0.25) is 0 Å². The van der Waals surface area contributed by atoms with Crippen LogP contribution >= 0.6 is 31.9 Å². The first-order valence-corrected chi connectivity index (χ1v) is 7.89. The number of amides is 1. The number of rotatable bonds is 1. The van der Waals surface area contributed by atoms with Gasteiger partial charge >= 0.3 is 0 Å². The summed E-state index contributed by atoms with van der Waals surface area (Å²) in [5.74, 6) is 0.0641. The van der Waals surface area contributed by atoms with E-state index in [9.17, 15) is 4.79 Å².